The second-order valence-electron chi connectivity index (χ2n) is 17.0. The number of alkyl halides is 1. The maximum absolute atomic E-state index is 17.6. The van der Waals surface area contributed by atoms with Gasteiger partial charge in [-0.2, -0.15) is 9.97 Å². The third-order valence-electron chi connectivity index (χ3n) is 12.5. The predicted molar refractivity (Wildman–Crippen MR) is 221 cm³/mol. The van der Waals surface area contributed by atoms with Crippen LogP contribution in [-0.4, -0.2) is 99.0 Å². The summed E-state index contributed by atoms with van der Waals surface area (Å²) < 4.78 is 71.9. The van der Waals surface area contributed by atoms with E-state index in [2.05, 4.69) is 62.8 Å². The van der Waals surface area contributed by atoms with Gasteiger partial charge in [-0.15, -0.1) is 5.54 Å². The number of hydrogen-bond donors (Lipinski definition) is 0. The maximum atomic E-state index is 17.6. The number of pyridine rings is 1. The molecule has 0 unspecified atom stereocenters. The van der Waals surface area contributed by atoms with Crippen molar-refractivity contribution in [3.63, 3.8) is 0 Å². The average molecular weight is 804 g/mol. The molecule has 0 amide bonds. The molecule has 5 heterocycles. The molecule has 13 heteroatoms. The molecule has 3 fully saturated rings. The Bertz CT molecular complexity index is 2160. The van der Waals surface area contributed by atoms with E-state index in [0.29, 0.717) is 82.6 Å². The first-order chi connectivity index (χ1) is 27.3. The summed E-state index contributed by atoms with van der Waals surface area (Å²) in [6.07, 6.45) is 3.46. The van der Waals surface area contributed by atoms with Crippen molar-refractivity contribution in [2.75, 3.05) is 58.2 Å². The topological polar surface area (TPSA) is 82.1 Å². The van der Waals surface area contributed by atoms with E-state index >= 15 is 8.78 Å². The van der Waals surface area contributed by atoms with Crippen LogP contribution in [0.3, 0.4) is 0 Å². The van der Waals surface area contributed by atoms with Crippen molar-refractivity contribution < 1.29 is 32.1 Å². The Balaban J connectivity index is 1.43. The summed E-state index contributed by atoms with van der Waals surface area (Å²) in [4.78, 5) is 18.5. The van der Waals surface area contributed by atoms with E-state index in [9.17, 15) is 4.39 Å². The SMILES string of the molecule is COCOc1cc(-c2ncc3c(N4CCCO[C@@H](C)C4)nc(OC[C@@]45CCCN4C[C@H](F)C5)nc3c2F)c2c(C#C[Si](C(C)C)(C(C)C)C(C)C)c(F)ccc2c1. The van der Waals surface area contributed by atoms with Gasteiger partial charge in [-0.05, 0) is 72.9 Å². The van der Waals surface area contributed by atoms with Crippen molar-refractivity contribution in [2.45, 2.75) is 109 Å². The molecule has 0 spiro atoms. The average Bonchev–Trinajstić information content (AvgIpc) is 3.60. The molecule has 4 aromatic rings. The third kappa shape index (κ3) is 7.82. The van der Waals surface area contributed by atoms with Gasteiger partial charge in [0.15, 0.2) is 12.6 Å². The summed E-state index contributed by atoms with van der Waals surface area (Å²) in [6, 6.07) is 6.51. The minimum atomic E-state index is -2.29. The minimum Gasteiger partial charge on any atom is -0.468 e. The second kappa shape index (κ2) is 16.7. The van der Waals surface area contributed by atoms with Gasteiger partial charge in [0.25, 0.3) is 0 Å². The van der Waals surface area contributed by atoms with Gasteiger partial charge in [-0.25, -0.2) is 13.2 Å². The number of aromatic nitrogens is 3. The Morgan fingerprint density at radius 1 is 1.00 bits per heavy atom. The normalized spacial score (nSPS) is 21.8. The Morgan fingerprint density at radius 3 is 2.51 bits per heavy atom. The van der Waals surface area contributed by atoms with E-state index in [1.165, 1.54) is 13.2 Å². The van der Waals surface area contributed by atoms with Crippen LogP contribution in [0.2, 0.25) is 16.6 Å². The van der Waals surface area contributed by atoms with Crippen molar-refractivity contribution in [1.29, 1.82) is 0 Å². The highest BCUT2D eigenvalue weighted by Crippen LogP contribution is 2.44. The predicted octanol–water partition coefficient (Wildman–Crippen LogP) is 9.25. The molecule has 0 aliphatic carbocycles. The summed E-state index contributed by atoms with van der Waals surface area (Å²) in [6.45, 7) is 18.3. The summed E-state index contributed by atoms with van der Waals surface area (Å²) in [5, 5.41) is 1.46. The third-order valence-corrected chi connectivity index (χ3v) is 18.8. The lowest BCUT2D eigenvalue weighted by Crippen LogP contribution is -2.43. The lowest BCUT2D eigenvalue weighted by molar-refractivity contribution is 0.0512. The molecular formula is C44H56F3N5O4Si. The van der Waals surface area contributed by atoms with E-state index in [1.54, 1.807) is 24.4 Å². The number of methoxy groups -OCH3 is 1. The van der Waals surface area contributed by atoms with E-state index in [4.69, 9.17) is 33.9 Å². The first kappa shape index (κ1) is 41.2. The molecule has 57 heavy (non-hydrogen) atoms. The van der Waals surface area contributed by atoms with Crippen molar-refractivity contribution in [3.05, 3.63) is 47.7 Å². The molecule has 0 saturated carbocycles. The van der Waals surface area contributed by atoms with E-state index in [0.717, 1.165) is 25.8 Å². The summed E-state index contributed by atoms with van der Waals surface area (Å²) in [7, 11) is -0.770. The van der Waals surface area contributed by atoms with Gasteiger partial charge in [-0.3, -0.25) is 9.88 Å². The molecule has 3 aliphatic rings. The van der Waals surface area contributed by atoms with Crippen LogP contribution in [0.15, 0.2) is 30.5 Å². The highest BCUT2D eigenvalue weighted by molar-refractivity contribution is 6.90. The second-order valence-corrected chi connectivity index (χ2v) is 22.6. The first-order valence-electron chi connectivity index (χ1n) is 20.4. The molecular weight excluding hydrogens is 748 g/mol. The van der Waals surface area contributed by atoms with E-state index < -0.39 is 31.4 Å². The molecule has 0 N–H and O–H groups in total. The Kier molecular flexibility index (Phi) is 12.1. The molecule has 2 aromatic carbocycles. The number of fused-ring (bicyclic) bond motifs is 3. The van der Waals surface area contributed by atoms with Crippen molar-refractivity contribution in [3.8, 4) is 34.5 Å². The standard InChI is InChI=1S/C44H56F3N5O4Si/c1-27(2)57(28(3)4,29(5)6)18-13-34-37(46)12-11-31-19-33(56-26-53-8)20-35(38(31)34)40-39(47)41-36(22-48-40)42(51-15-10-17-54-30(7)23-51)50-43(49-41)55-25-44-14-9-16-52(44)24-32(45)21-44/h11-12,19-20,22,27-30,32H,9-10,14-17,21,23-26H2,1-8H3/t30-,32+,44-/m0/s1. The first-order valence-corrected chi connectivity index (χ1v) is 22.7. The zero-order valence-electron chi connectivity index (χ0n) is 34.6. The lowest BCUT2D eigenvalue weighted by Gasteiger charge is -2.38. The van der Waals surface area contributed by atoms with Crippen LogP contribution in [0.4, 0.5) is 19.0 Å². The number of anilines is 1. The molecule has 2 aromatic heterocycles. The number of ether oxygens (including phenoxy) is 4. The number of halogens is 3. The highest BCUT2D eigenvalue weighted by Gasteiger charge is 2.49. The molecule has 3 aliphatic heterocycles. The van der Waals surface area contributed by atoms with Crippen LogP contribution >= 0.6 is 0 Å². The van der Waals surface area contributed by atoms with Crippen molar-refractivity contribution in [1.82, 2.24) is 19.9 Å². The smallest absolute Gasteiger partial charge is 0.319 e. The van der Waals surface area contributed by atoms with E-state index in [-0.39, 0.29) is 42.3 Å². The van der Waals surface area contributed by atoms with Crippen LogP contribution in [0.1, 0.15) is 79.7 Å². The van der Waals surface area contributed by atoms with Gasteiger partial charge in [0, 0.05) is 56.9 Å². The molecule has 9 nitrogen and oxygen atoms in total. The highest BCUT2D eigenvalue weighted by atomic mass is 28.3. The molecule has 3 atom stereocenters. The Hall–Kier alpha value is -3.96. The van der Waals surface area contributed by atoms with Crippen LogP contribution in [0.25, 0.3) is 32.9 Å². The molecule has 0 bridgehead atoms. The number of hydrogen-bond acceptors (Lipinski definition) is 9. The molecule has 7 rings (SSSR count). The fourth-order valence-electron chi connectivity index (χ4n) is 9.89. The number of rotatable bonds is 11. The monoisotopic (exact) mass is 803 g/mol. The van der Waals surface area contributed by atoms with Gasteiger partial charge in [0.2, 0.25) is 0 Å². The Labute approximate surface area is 335 Å². The molecule has 0 radical (unpaired) electrons. The van der Waals surface area contributed by atoms with Gasteiger partial charge < -0.3 is 23.8 Å². The zero-order valence-corrected chi connectivity index (χ0v) is 35.6. The number of nitrogens with zero attached hydrogens (tertiary/aromatic N) is 5. The minimum absolute atomic E-state index is 0.00638. The molecule has 3 saturated heterocycles. The maximum Gasteiger partial charge on any atom is 0.319 e. The van der Waals surface area contributed by atoms with Crippen molar-refractivity contribution in [2.24, 2.45) is 0 Å². The van der Waals surface area contributed by atoms with Crippen LogP contribution in [0, 0.1) is 23.1 Å². The van der Waals surface area contributed by atoms with Crippen LogP contribution < -0.4 is 14.4 Å². The largest absolute Gasteiger partial charge is 0.468 e. The summed E-state index contributed by atoms with van der Waals surface area (Å²) in [5.41, 5.74) is 4.67. The van der Waals surface area contributed by atoms with Gasteiger partial charge in [0.05, 0.1) is 22.6 Å². The van der Waals surface area contributed by atoms with Crippen molar-refractivity contribution >= 4 is 35.6 Å². The summed E-state index contributed by atoms with van der Waals surface area (Å²) in [5.74, 6) is 3.00. The Morgan fingerprint density at radius 2 is 1.77 bits per heavy atom. The molecule has 306 valence electrons. The van der Waals surface area contributed by atoms with Gasteiger partial charge in [-0.1, -0.05) is 53.5 Å². The van der Waals surface area contributed by atoms with Crippen LogP contribution in [-0.2, 0) is 9.47 Å². The number of benzene rings is 2. The van der Waals surface area contributed by atoms with Crippen LogP contribution in [0.5, 0.6) is 11.8 Å². The quantitative estimate of drug-likeness (QED) is 0.0838. The fourth-order valence-corrected chi connectivity index (χ4v) is 15.1. The van der Waals surface area contributed by atoms with E-state index in [1.807, 2.05) is 6.92 Å². The summed E-state index contributed by atoms with van der Waals surface area (Å²) >= 11 is 0. The fraction of sp³-hybridized carbons (Fsp3) is 0.568. The lowest BCUT2D eigenvalue weighted by atomic mass is 9.95. The zero-order chi connectivity index (χ0) is 40.6. The van der Waals surface area contributed by atoms with Gasteiger partial charge >= 0.3 is 6.01 Å². The van der Waals surface area contributed by atoms with Gasteiger partial charge in [0.1, 0.15) is 49.4 Å².